The van der Waals surface area contributed by atoms with Crippen molar-refractivity contribution in [2.75, 3.05) is 0 Å². The fraction of sp³-hybridized carbons (Fsp3) is 0.143. The normalized spacial score (nSPS) is 14.6. The molecule has 0 aromatic carbocycles. The molecule has 3 heteroatoms. The van der Waals surface area contributed by atoms with Crippen molar-refractivity contribution >= 4 is 12.6 Å². The predicted octanol–water partition coefficient (Wildman–Crippen LogP) is 1.73. The average Bonchev–Trinajstić information content (AvgIpc) is 1.85. The van der Waals surface area contributed by atoms with E-state index in [0.29, 0.717) is 5.70 Å². The first kappa shape index (κ1) is 9.17. The number of hydrogen-bond donors (Lipinski definition) is 3. The second-order valence-electron chi connectivity index (χ2n) is 1.79. The molecular formula is C7H11NOS. The van der Waals surface area contributed by atoms with Gasteiger partial charge in [0.15, 0.2) is 0 Å². The summed E-state index contributed by atoms with van der Waals surface area (Å²) in [6.45, 7) is 1.58. The highest BCUT2D eigenvalue weighted by Crippen LogP contribution is 1.92. The SMILES string of the molecule is C\C(O)=C/C=C(N)\C=C\S. The second kappa shape index (κ2) is 4.99. The van der Waals surface area contributed by atoms with Crippen LogP contribution in [0.1, 0.15) is 6.92 Å². The molecule has 0 saturated heterocycles. The fourth-order valence-electron chi connectivity index (χ4n) is 0.358. The van der Waals surface area contributed by atoms with E-state index in [1.54, 1.807) is 19.1 Å². The Morgan fingerprint density at radius 3 is 2.50 bits per heavy atom. The van der Waals surface area contributed by atoms with Crippen LogP contribution in [0.25, 0.3) is 0 Å². The van der Waals surface area contributed by atoms with E-state index in [2.05, 4.69) is 12.6 Å². The van der Waals surface area contributed by atoms with Gasteiger partial charge in [0, 0.05) is 5.70 Å². The van der Waals surface area contributed by atoms with Gasteiger partial charge >= 0.3 is 0 Å². The average molecular weight is 157 g/mol. The zero-order valence-corrected chi connectivity index (χ0v) is 6.68. The van der Waals surface area contributed by atoms with Crippen LogP contribution < -0.4 is 5.73 Å². The molecule has 0 fully saturated rings. The third-order valence-corrected chi connectivity index (χ3v) is 0.933. The van der Waals surface area contributed by atoms with Crippen molar-refractivity contribution in [1.82, 2.24) is 0 Å². The molecule has 0 radical (unpaired) electrons. The molecule has 0 rings (SSSR count). The minimum Gasteiger partial charge on any atom is -0.513 e. The molecule has 3 N–H and O–H groups in total. The summed E-state index contributed by atoms with van der Waals surface area (Å²) in [5.41, 5.74) is 5.96. The summed E-state index contributed by atoms with van der Waals surface area (Å²) in [7, 11) is 0. The molecule has 0 aliphatic heterocycles. The van der Waals surface area contributed by atoms with Crippen LogP contribution in [0.2, 0.25) is 0 Å². The number of hydrogen-bond acceptors (Lipinski definition) is 3. The van der Waals surface area contributed by atoms with Crippen LogP contribution in [0.4, 0.5) is 0 Å². The Bertz CT molecular complexity index is 178. The molecule has 0 aromatic heterocycles. The number of thiol groups is 1. The quantitative estimate of drug-likeness (QED) is 0.325. The Hall–Kier alpha value is -0.830. The summed E-state index contributed by atoms with van der Waals surface area (Å²) in [4.78, 5) is 0. The first-order valence-electron chi connectivity index (χ1n) is 2.80. The van der Waals surface area contributed by atoms with E-state index >= 15 is 0 Å². The van der Waals surface area contributed by atoms with E-state index in [-0.39, 0.29) is 5.76 Å². The first-order chi connectivity index (χ1) is 4.66. The summed E-state index contributed by atoms with van der Waals surface area (Å²) in [5, 5.41) is 10.2. The second-order valence-corrected chi connectivity index (χ2v) is 2.09. The van der Waals surface area contributed by atoms with Gasteiger partial charge in [-0.25, -0.2) is 0 Å². The Morgan fingerprint density at radius 1 is 1.50 bits per heavy atom. The third-order valence-electron chi connectivity index (χ3n) is 0.784. The highest BCUT2D eigenvalue weighted by Gasteiger charge is 1.78. The third kappa shape index (κ3) is 5.31. The zero-order chi connectivity index (χ0) is 7.98. The van der Waals surface area contributed by atoms with Gasteiger partial charge in [-0.3, -0.25) is 0 Å². The molecule has 0 aliphatic rings. The van der Waals surface area contributed by atoms with Gasteiger partial charge in [0.2, 0.25) is 0 Å². The van der Waals surface area contributed by atoms with Crippen molar-refractivity contribution in [2.45, 2.75) is 6.92 Å². The lowest BCUT2D eigenvalue weighted by atomic mass is 10.3. The van der Waals surface area contributed by atoms with Gasteiger partial charge in [-0.1, -0.05) is 0 Å². The molecule has 0 unspecified atom stereocenters. The van der Waals surface area contributed by atoms with Crippen molar-refractivity contribution in [3.63, 3.8) is 0 Å². The lowest BCUT2D eigenvalue weighted by Crippen LogP contribution is -1.90. The van der Waals surface area contributed by atoms with E-state index in [9.17, 15) is 0 Å². The van der Waals surface area contributed by atoms with E-state index in [4.69, 9.17) is 10.8 Å². The topological polar surface area (TPSA) is 46.2 Å². The molecule has 10 heavy (non-hydrogen) atoms. The molecule has 0 spiro atoms. The van der Waals surface area contributed by atoms with Crippen LogP contribution in [0.5, 0.6) is 0 Å². The van der Waals surface area contributed by atoms with Crippen molar-refractivity contribution < 1.29 is 5.11 Å². The lowest BCUT2D eigenvalue weighted by molar-refractivity contribution is 0.414. The molecule has 2 nitrogen and oxygen atoms in total. The summed E-state index contributed by atoms with van der Waals surface area (Å²) >= 11 is 3.82. The van der Waals surface area contributed by atoms with Gasteiger partial charge in [-0.2, -0.15) is 12.6 Å². The Balaban J connectivity index is 4.05. The predicted molar refractivity (Wildman–Crippen MR) is 46.8 cm³/mol. The molecular weight excluding hydrogens is 146 g/mol. The minimum atomic E-state index is 0.232. The van der Waals surface area contributed by atoms with Crippen LogP contribution in [-0.4, -0.2) is 5.11 Å². The van der Waals surface area contributed by atoms with Crippen molar-refractivity contribution in [1.29, 1.82) is 0 Å². The first-order valence-corrected chi connectivity index (χ1v) is 3.32. The number of allylic oxidation sites excluding steroid dienone is 4. The van der Waals surface area contributed by atoms with Crippen molar-refractivity contribution in [3.8, 4) is 0 Å². The van der Waals surface area contributed by atoms with Gasteiger partial charge in [0.05, 0.1) is 5.76 Å². The van der Waals surface area contributed by atoms with Crippen LogP contribution >= 0.6 is 12.6 Å². The number of aliphatic hydroxyl groups is 1. The molecule has 0 amide bonds. The summed E-state index contributed by atoms with van der Waals surface area (Å²) in [6, 6.07) is 0. The largest absolute Gasteiger partial charge is 0.513 e. The Kier molecular flexibility index (Phi) is 4.58. The fourth-order valence-corrected chi connectivity index (χ4v) is 0.531. The van der Waals surface area contributed by atoms with Crippen LogP contribution in [0.3, 0.4) is 0 Å². The van der Waals surface area contributed by atoms with E-state index in [1.807, 2.05) is 0 Å². The maximum Gasteiger partial charge on any atom is 0.0892 e. The van der Waals surface area contributed by atoms with Gasteiger partial charge in [-0.15, -0.1) is 0 Å². The molecule has 0 atom stereocenters. The van der Waals surface area contributed by atoms with Gasteiger partial charge in [-0.05, 0) is 30.6 Å². The highest BCUT2D eigenvalue weighted by atomic mass is 32.1. The summed E-state index contributed by atoms with van der Waals surface area (Å²) in [5.74, 6) is 0.232. The minimum absolute atomic E-state index is 0.232. The number of aliphatic hydroxyl groups excluding tert-OH is 1. The molecule has 0 aliphatic carbocycles. The number of nitrogens with two attached hydrogens (primary N) is 1. The zero-order valence-electron chi connectivity index (χ0n) is 5.78. The van der Waals surface area contributed by atoms with Crippen LogP contribution in [0, 0.1) is 0 Å². The van der Waals surface area contributed by atoms with E-state index in [1.165, 1.54) is 11.5 Å². The smallest absolute Gasteiger partial charge is 0.0892 e. The van der Waals surface area contributed by atoms with Crippen molar-refractivity contribution in [2.24, 2.45) is 5.73 Å². The highest BCUT2D eigenvalue weighted by molar-refractivity contribution is 7.83. The van der Waals surface area contributed by atoms with Crippen LogP contribution in [0.15, 0.2) is 35.1 Å². The maximum absolute atomic E-state index is 8.69. The molecule has 0 aromatic rings. The standard InChI is InChI=1S/C7H11NOS/c1-6(9)2-3-7(8)4-5-10/h2-5,9-10H,8H2,1H3/b5-4+,6-2+,7-3+. The Labute approximate surface area is 66.1 Å². The summed E-state index contributed by atoms with van der Waals surface area (Å²) in [6.07, 6.45) is 4.74. The molecule has 0 heterocycles. The van der Waals surface area contributed by atoms with Gasteiger partial charge in [0.25, 0.3) is 0 Å². The molecule has 56 valence electrons. The van der Waals surface area contributed by atoms with Crippen molar-refractivity contribution in [3.05, 3.63) is 35.1 Å². The van der Waals surface area contributed by atoms with E-state index in [0.717, 1.165) is 0 Å². The van der Waals surface area contributed by atoms with Crippen LogP contribution in [-0.2, 0) is 0 Å². The van der Waals surface area contributed by atoms with Gasteiger partial charge in [0.1, 0.15) is 0 Å². The molecule has 0 saturated carbocycles. The van der Waals surface area contributed by atoms with E-state index < -0.39 is 0 Å². The number of rotatable bonds is 2. The maximum atomic E-state index is 8.69. The van der Waals surface area contributed by atoms with Gasteiger partial charge < -0.3 is 10.8 Å². The summed E-state index contributed by atoms with van der Waals surface area (Å²) < 4.78 is 0. The molecule has 0 bridgehead atoms. The monoisotopic (exact) mass is 157 g/mol. The Morgan fingerprint density at radius 2 is 2.10 bits per heavy atom. The lowest BCUT2D eigenvalue weighted by Gasteiger charge is -1.87.